The molecule has 152 valence electrons. The lowest BCUT2D eigenvalue weighted by molar-refractivity contribution is -0.114. The highest BCUT2D eigenvalue weighted by atomic mass is 35.5. The molecule has 2 aromatic rings. The van der Waals surface area contributed by atoms with E-state index < -0.39 is 11.7 Å². The molecule has 1 fully saturated rings. The fourth-order valence-corrected chi connectivity index (χ4v) is 3.98. The average Bonchev–Trinajstić information content (AvgIpc) is 2.97. The fourth-order valence-electron chi connectivity index (χ4n) is 3.98. The minimum absolute atomic E-state index is 0. The summed E-state index contributed by atoms with van der Waals surface area (Å²) in [7, 11) is 0. The van der Waals surface area contributed by atoms with Gasteiger partial charge >= 0.3 is 0 Å². The molecule has 2 aliphatic heterocycles. The molecular formula is C22H22ClFN2O3. The number of fused-ring (bicyclic) bond motifs is 1. The summed E-state index contributed by atoms with van der Waals surface area (Å²) in [6.45, 7) is 2.63. The van der Waals surface area contributed by atoms with Gasteiger partial charge in [0, 0.05) is 24.6 Å². The van der Waals surface area contributed by atoms with Crippen molar-refractivity contribution in [3.05, 3.63) is 65.5 Å². The molecule has 5 nitrogen and oxygen atoms in total. The van der Waals surface area contributed by atoms with E-state index >= 15 is 0 Å². The van der Waals surface area contributed by atoms with Gasteiger partial charge in [-0.3, -0.25) is 14.4 Å². The SMILES string of the molecule is Cl.O=C1C(=O)N(CCN2CCC(C(=O)c3ccc(F)cc3)CC2)c2ccccc21. The Morgan fingerprint density at radius 1 is 0.966 bits per heavy atom. The average molecular weight is 417 g/mol. The molecule has 0 aliphatic carbocycles. The Bertz CT molecular complexity index is 924. The molecule has 1 saturated heterocycles. The molecule has 0 atom stereocenters. The van der Waals surface area contributed by atoms with E-state index in [4.69, 9.17) is 0 Å². The van der Waals surface area contributed by atoms with Crippen molar-refractivity contribution in [3.63, 3.8) is 0 Å². The predicted octanol–water partition coefficient (Wildman–Crippen LogP) is 3.37. The Morgan fingerprint density at radius 2 is 1.62 bits per heavy atom. The number of para-hydroxylation sites is 1. The van der Waals surface area contributed by atoms with Crippen molar-refractivity contribution < 1.29 is 18.8 Å². The van der Waals surface area contributed by atoms with Crippen molar-refractivity contribution in [1.82, 2.24) is 4.90 Å². The minimum atomic E-state index is -0.470. The molecule has 0 N–H and O–H groups in total. The van der Waals surface area contributed by atoms with Gasteiger partial charge in [-0.25, -0.2) is 4.39 Å². The number of rotatable bonds is 5. The van der Waals surface area contributed by atoms with E-state index in [0.717, 1.165) is 25.9 Å². The number of piperidine rings is 1. The second-order valence-corrected chi connectivity index (χ2v) is 7.29. The molecule has 0 radical (unpaired) electrons. The number of halogens is 2. The van der Waals surface area contributed by atoms with Gasteiger partial charge in [-0.05, 0) is 62.3 Å². The van der Waals surface area contributed by atoms with Crippen molar-refractivity contribution in [2.45, 2.75) is 12.8 Å². The zero-order valence-electron chi connectivity index (χ0n) is 15.8. The molecule has 0 aromatic heterocycles. The smallest absolute Gasteiger partial charge is 0.299 e. The number of Topliss-reactive ketones (excluding diaryl/α,β-unsaturated/α-hetero) is 2. The Hall–Kier alpha value is -2.57. The molecule has 2 aliphatic rings. The van der Waals surface area contributed by atoms with Crippen molar-refractivity contribution in [1.29, 1.82) is 0 Å². The van der Waals surface area contributed by atoms with Gasteiger partial charge < -0.3 is 9.80 Å². The van der Waals surface area contributed by atoms with Gasteiger partial charge in [-0.1, -0.05) is 12.1 Å². The molecule has 0 bridgehead atoms. The third-order valence-corrected chi connectivity index (χ3v) is 5.61. The standard InChI is InChI=1S/C22H21FN2O3.ClH/c23-17-7-5-15(6-8-17)20(26)16-9-11-24(12-10-16)13-14-25-19-4-2-1-3-18(19)21(27)22(25)28;/h1-8,16H,9-14H2;1H. The van der Waals surface area contributed by atoms with Crippen LogP contribution < -0.4 is 4.90 Å². The predicted molar refractivity (Wildman–Crippen MR) is 110 cm³/mol. The first-order valence-corrected chi connectivity index (χ1v) is 9.52. The molecule has 1 amide bonds. The van der Waals surface area contributed by atoms with Crippen LogP contribution in [0.25, 0.3) is 0 Å². The van der Waals surface area contributed by atoms with Gasteiger partial charge in [-0.2, -0.15) is 0 Å². The summed E-state index contributed by atoms with van der Waals surface area (Å²) in [5.74, 6) is -1.25. The number of anilines is 1. The number of benzene rings is 2. The summed E-state index contributed by atoms with van der Waals surface area (Å²) < 4.78 is 13.0. The number of hydrogen-bond acceptors (Lipinski definition) is 4. The maximum atomic E-state index is 13.0. The molecular weight excluding hydrogens is 395 g/mol. The summed E-state index contributed by atoms with van der Waals surface area (Å²) in [5.41, 5.74) is 1.70. The first-order chi connectivity index (χ1) is 13.5. The molecule has 7 heteroatoms. The van der Waals surface area contributed by atoms with Crippen molar-refractivity contribution in [2.24, 2.45) is 5.92 Å². The first kappa shape index (κ1) is 21.1. The number of carbonyl (C=O) groups excluding carboxylic acids is 3. The summed E-state index contributed by atoms with van der Waals surface area (Å²) >= 11 is 0. The minimum Gasteiger partial charge on any atom is -0.303 e. The normalized spacial score (nSPS) is 17.2. The largest absolute Gasteiger partial charge is 0.303 e. The van der Waals surface area contributed by atoms with E-state index in [1.54, 1.807) is 23.1 Å². The zero-order valence-corrected chi connectivity index (χ0v) is 16.7. The number of nitrogens with zero attached hydrogens (tertiary/aromatic N) is 2. The summed E-state index contributed by atoms with van der Waals surface area (Å²) in [4.78, 5) is 40.6. The quantitative estimate of drug-likeness (QED) is 0.554. The zero-order chi connectivity index (χ0) is 19.7. The highest BCUT2D eigenvalue weighted by Gasteiger charge is 2.35. The maximum absolute atomic E-state index is 13.0. The van der Waals surface area contributed by atoms with Crippen LogP contribution in [0, 0.1) is 11.7 Å². The monoisotopic (exact) mass is 416 g/mol. The molecule has 4 rings (SSSR count). The van der Waals surface area contributed by atoms with Gasteiger partial charge in [0.25, 0.3) is 11.7 Å². The van der Waals surface area contributed by atoms with Gasteiger partial charge in [0.2, 0.25) is 0 Å². The molecule has 29 heavy (non-hydrogen) atoms. The second kappa shape index (κ2) is 8.84. The van der Waals surface area contributed by atoms with E-state index in [0.29, 0.717) is 29.9 Å². The highest BCUT2D eigenvalue weighted by molar-refractivity contribution is 6.52. The van der Waals surface area contributed by atoms with Crippen LogP contribution in [0.1, 0.15) is 33.6 Å². The third kappa shape index (κ3) is 4.23. The van der Waals surface area contributed by atoms with E-state index in [1.807, 2.05) is 6.07 Å². The van der Waals surface area contributed by atoms with Gasteiger partial charge in [-0.15, -0.1) is 12.4 Å². The van der Waals surface area contributed by atoms with Crippen molar-refractivity contribution in [3.8, 4) is 0 Å². The lowest BCUT2D eigenvalue weighted by atomic mass is 9.89. The van der Waals surface area contributed by atoms with Crippen LogP contribution in [0.2, 0.25) is 0 Å². The van der Waals surface area contributed by atoms with Crippen LogP contribution in [0.4, 0.5) is 10.1 Å². The van der Waals surface area contributed by atoms with E-state index in [1.165, 1.54) is 24.3 Å². The topological polar surface area (TPSA) is 57.7 Å². The summed E-state index contributed by atoms with van der Waals surface area (Å²) in [5, 5.41) is 0. The molecule has 0 saturated carbocycles. The van der Waals surface area contributed by atoms with Crippen LogP contribution in [0.15, 0.2) is 48.5 Å². The maximum Gasteiger partial charge on any atom is 0.299 e. The van der Waals surface area contributed by atoms with E-state index in [2.05, 4.69) is 4.90 Å². The van der Waals surface area contributed by atoms with E-state index in [-0.39, 0.29) is 29.9 Å². The lowest BCUT2D eigenvalue weighted by Gasteiger charge is -2.32. The Morgan fingerprint density at radius 3 is 2.31 bits per heavy atom. The molecule has 0 unspecified atom stereocenters. The van der Waals surface area contributed by atoms with Crippen LogP contribution in [0.3, 0.4) is 0 Å². The van der Waals surface area contributed by atoms with Crippen molar-refractivity contribution in [2.75, 3.05) is 31.1 Å². The third-order valence-electron chi connectivity index (χ3n) is 5.61. The Kier molecular flexibility index (Phi) is 6.45. The van der Waals surface area contributed by atoms with Gasteiger partial charge in [0.1, 0.15) is 5.82 Å². The highest BCUT2D eigenvalue weighted by Crippen LogP contribution is 2.28. The molecule has 0 spiro atoms. The fraction of sp³-hybridized carbons (Fsp3) is 0.318. The van der Waals surface area contributed by atoms with Crippen molar-refractivity contribution >= 4 is 35.6 Å². The van der Waals surface area contributed by atoms with E-state index in [9.17, 15) is 18.8 Å². The second-order valence-electron chi connectivity index (χ2n) is 7.29. The first-order valence-electron chi connectivity index (χ1n) is 9.52. The summed E-state index contributed by atoms with van der Waals surface area (Å²) in [6, 6.07) is 12.8. The Labute approximate surface area is 174 Å². The Balaban J connectivity index is 0.00000240. The number of ketones is 2. The number of amides is 1. The van der Waals surface area contributed by atoms with Gasteiger partial charge in [0.15, 0.2) is 5.78 Å². The molecule has 2 aromatic carbocycles. The molecule has 2 heterocycles. The van der Waals surface area contributed by atoms with Crippen LogP contribution in [-0.2, 0) is 4.79 Å². The number of carbonyl (C=O) groups is 3. The van der Waals surface area contributed by atoms with Crippen LogP contribution in [-0.4, -0.2) is 48.6 Å². The van der Waals surface area contributed by atoms with Crippen LogP contribution >= 0.6 is 12.4 Å². The van der Waals surface area contributed by atoms with Crippen LogP contribution in [0.5, 0.6) is 0 Å². The van der Waals surface area contributed by atoms with Gasteiger partial charge in [0.05, 0.1) is 11.3 Å². The number of hydrogen-bond donors (Lipinski definition) is 0. The summed E-state index contributed by atoms with van der Waals surface area (Å²) in [6.07, 6.45) is 1.47. The lowest BCUT2D eigenvalue weighted by Crippen LogP contribution is -2.42. The number of likely N-dealkylation sites (tertiary alicyclic amines) is 1.